The Morgan fingerprint density at radius 3 is 2.65 bits per heavy atom. The Morgan fingerprint density at radius 1 is 1.25 bits per heavy atom. The van der Waals surface area contributed by atoms with Gasteiger partial charge in [0, 0.05) is 30.0 Å². The van der Waals surface area contributed by atoms with Gasteiger partial charge in [0.2, 0.25) is 0 Å². The van der Waals surface area contributed by atoms with E-state index in [1.165, 1.54) is 11.3 Å². The van der Waals surface area contributed by atoms with Crippen molar-refractivity contribution in [2.24, 2.45) is 0 Å². The highest BCUT2D eigenvalue weighted by molar-refractivity contribution is 7.99. The average molecular weight is 308 g/mol. The lowest BCUT2D eigenvalue weighted by Gasteiger charge is -2.26. The molecular formula is C13H16N4OS2. The van der Waals surface area contributed by atoms with Crippen LogP contribution in [0.1, 0.15) is 20.9 Å². The summed E-state index contributed by atoms with van der Waals surface area (Å²) >= 11 is 3.23. The molecule has 1 saturated heterocycles. The van der Waals surface area contributed by atoms with Crippen LogP contribution in [-0.2, 0) is 0 Å². The van der Waals surface area contributed by atoms with Crippen LogP contribution in [0.25, 0.3) is 10.2 Å². The number of hydrogen-bond acceptors (Lipinski definition) is 6. The minimum Gasteiger partial charge on any atom is -0.397 e. The molecule has 0 saturated carbocycles. The van der Waals surface area contributed by atoms with Crippen molar-refractivity contribution in [1.29, 1.82) is 0 Å². The zero-order valence-corrected chi connectivity index (χ0v) is 13.1. The number of amides is 1. The molecule has 106 valence electrons. The molecule has 1 amide bonds. The normalized spacial score (nSPS) is 15.8. The van der Waals surface area contributed by atoms with Crippen LogP contribution in [0.2, 0.25) is 0 Å². The maximum atomic E-state index is 12.6. The van der Waals surface area contributed by atoms with Crippen LogP contribution < -0.4 is 5.73 Å². The second kappa shape index (κ2) is 5.21. The van der Waals surface area contributed by atoms with Gasteiger partial charge < -0.3 is 10.6 Å². The summed E-state index contributed by atoms with van der Waals surface area (Å²) in [6.45, 7) is 5.46. The maximum Gasteiger partial charge on any atom is 0.266 e. The number of nitrogens with zero attached hydrogens (tertiary/aromatic N) is 3. The van der Waals surface area contributed by atoms with Crippen molar-refractivity contribution in [2.75, 3.05) is 30.3 Å². The summed E-state index contributed by atoms with van der Waals surface area (Å²) in [5.74, 6) is 2.02. The van der Waals surface area contributed by atoms with Crippen LogP contribution in [0.3, 0.4) is 0 Å². The van der Waals surface area contributed by atoms with E-state index < -0.39 is 0 Å². The van der Waals surface area contributed by atoms with Gasteiger partial charge in [-0.05, 0) is 19.4 Å². The molecule has 3 heterocycles. The molecule has 3 rings (SSSR count). The summed E-state index contributed by atoms with van der Waals surface area (Å²) in [5, 5.41) is 9.16. The monoisotopic (exact) mass is 308 g/mol. The number of thiophene rings is 1. The fourth-order valence-corrected chi connectivity index (χ4v) is 4.28. The molecule has 0 atom stereocenters. The zero-order chi connectivity index (χ0) is 14.3. The molecule has 20 heavy (non-hydrogen) atoms. The number of nitrogen functional groups attached to an aromatic ring is 1. The van der Waals surface area contributed by atoms with Crippen LogP contribution in [-0.4, -0.2) is 45.6 Å². The van der Waals surface area contributed by atoms with Crippen molar-refractivity contribution in [3.8, 4) is 0 Å². The lowest BCUT2D eigenvalue weighted by molar-refractivity contribution is 0.0778. The third-order valence-corrected chi connectivity index (χ3v) is 5.65. The van der Waals surface area contributed by atoms with Crippen LogP contribution in [0.4, 0.5) is 5.69 Å². The Labute approximate surface area is 125 Å². The zero-order valence-electron chi connectivity index (χ0n) is 11.5. The first-order valence-electron chi connectivity index (χ1n) is 6.48. The van der Waals surface area contributed by atoms with E-state index in [1.54, 1.807) is 0 Å². The highest BCUT2D eigenvalue weighted by Crippen LogP contribution is 2.35. The van der Waals surface area contributed by atoms with Gasteiger partial charge in [-0.15, -0.1) is 16.4 Å². The van der Waals surface area contributed by atoms with Crippen LogP contribution in [0, 0.1) is 13.8 Å². The molecule has 0 aliphatic carbocycles. The SMILES string of the molecule is Cc1nnc2sc(C(=O)N3CCSCC3)c(N)c2c1C. The quantitative estimate of drug-likeness (QED) is 0.873. The van der Waals surface area contributed by atoms with Gasteiger partial charge in [0.1, 0.15) is 9.71 Å². The summed E-state index contributed by atoms with van der Waals surface area (Å²) in [5.41, 5.74) is 8.63. The number of thioether (sulfide) groups is 1. The predicted octanol–water partition coefficient (Wildman–Crippen LogP) is 2.08. The highest BCUT2D eigenvalue weighted by atomic mass is 32.2. The largest absolute Gasteiger partial charge is 0.397 e. The summed E-state index contributed by atoms with van der Waals surface area (Å²) < 4.78 is 0. The highest BCUT2D eigenvalue weighted by Gasteiger charge is 2.25. The number of hydrogen-bond donors (Lipinski definition) is 1. The molecule has 0 unspecified atom stereocenters. The first kappa shape index (κ1) is 13.6. The van der Waals surface area contributed by atoms with Gasteiger partial charge in [0.05, 0.1) is 11.4 Å². The number of anilines is 1. The van der Waals surface area contributed by atoms with Crippen molar-refractivity contribution in [1.82, 2.24) is 15.1 Å². The lowest BCUT2D eigenvalue weighted by atomic mass is 10.1. The topological polar surface area (TPSA) is 72.1 Å². The van der Waals surface area contributed by atoms with E-state index in [2.05, 4.69) is 10.2 Å². The van der Waals surface area contributed by atoms with Crippen molar-refractivity contribution in [2.45, 2.75) is 13.8 Å². The second-order valence-corrected chi connectivity index (χ2v) is 7.06. The number of aromatic nitrogens is 2. The molecule has 0 bridgehead atoms. The van der Waals surface area contributed by atoms with Crippen molar-refractivity contribution in [3.05, 3.63) is 16.1 Å². The first-order valence-corrected chi connectivity index (χ1v) is 8.45. The van der Waals surface area contributed by atoms with Crippen molar-refractivity contribution < 1.29 is 4.79 Å². The van der Waals surface area contributed by atoms with E-state index in [1.807, 2.05) is 30.5 Å². The third kappa shape index (κ3) is 2.14. The summed E-state index contributed by atoms with van der Waals surface area (Å²) in [7, 11) is 0. The van der Waals surface area contributed by atoms with Gasteiger partial charge in [-0.25, -0.2) is 0 Å². The molecule has 1 fully saturated rings. The molecule has 2 aromatic heterocycles. The predicted molar refractivity (Wildman–Crippen MR) is 84.5 cm³/mol. The fourth-order valence-electron chi connectivity index (χ4n) is 2.31. The number of rotatable bonds is 1. The number of fused-ring (bicyclic) bond motifs is 1. The van der Waals surface area contributed by atoms with E-state index in [0.29, 0.717) is 10.6 Å². The minimum atomic E-state index is 0.0304. The van der Waals surface area contributed by atoms with E-state index in [9.17, 15) is 4.79 Å². The Balaban J connectivity index is 2.06. The molecule has 2 N–H and O–H groups in total. The molecule has 0 spiro atoms. The molecule has 1 aliphatic heterocycles. The summed E-state index contributed by atoms with van der Waals surface area (Å²) in [6.07, 6.45) is 0. The molecule has 7 heteroatoms. The molecule has 2 aromatic rings. The van der Waals surface area contributed by atoms with Gasteiger partial charge in [-0.2, -0.15) is 16.9 Å². The van der Waals surface area contributed by atoms with E-state index in [-0.39, 0.29) is 5.91 Å². The summed E-state index contributed by atoms with van der Waals surface area (Å²) in [4.78, 5) is 15.8. The number of nitrogens with two attached hydrogens (primary N) is 1. The molecule has 0 aromatic carbocycles. The molecular weight excluding hydrogens is 292 g/mol. The molecule has 1 aliphatic rings. The van der Waals surface area contributed by atoms with E-state index in [0.717, 1.165) is 46.1 Å². The maximum absolute atomic E-state index is 12.6. The smallest absolute Gasteiger partial charge is 0.266 e. The average Bonchev–Trinajstić information content (AvgIpc) is 2.81. The van der Waals surface area contributed by atoms with Crippen LogP contribution in [0.5, 0.6) is 0 Å². The number of carbonyl (C=O) groups is 1. The minimum absolute atomic E-state index is 0.0304. The lowest BCUT2D eigenvalue weighted by Crippen LogP contribution is -2.37. The second-order valence-electron chi connectivity index (χ2n) is 4.84. The molecule has 0 radical (unpaired) electrons. The van der Waals surface area contributed by atoms with Gasteiger partial charge in [0.25, 0.3) is 5.91 Å². The van der Waals surface area contributed by atoms with Gasteiger partial charge in [-0.1, -0.05) is 0 Å². The van der Waals surface area contributed by atoms with Crippen molar-refractivity contribution >= 4 is 44.9 Å². The fraction of sp³-hybridized carbons (Fsp3) is 0.462. The summed E-state index contributed by atoms with van der Waals surface area (Å²) in [6, 6.07) is 0. The van der Waals surface area contributed by atoms with Crippen molar-refractivity contribution in [3.63, 3.8) is 0 Å². The third-order valence-electron chi connectivity index (χ3n) is 3.63. The Kier molecular flexibility index (Phi) is 3.55. The van der Waals surface area contributed by atoms with Gasteiger partial charge in [-0.3, -0.25) is 4.79 Å². The molecule has 5 nitrogen and oxygen atoms in total. The standard InChI is InChI=1S/C13H16N4OS2/c1-7-8(2)15-16-12-9(7)10(14)11(20-12)13(18)17-3-5-19-6-4-17/h3-6,14H2,1-2H3. The van der Waals surface area contributed by atoms with Crippen LogP contribution >= 0.6 is 23.1 Å². The number of carbonyl (C=O) groups excluding carboxylic acids is 1. The van der Waals surface area contributed by atoms with Gasteiger partial charge in [0.15, 0.2) is 0 Å². The first-order chi connectivity index (χ1) is 9.59. The van der Waals surface area contributed by atoms with E-state index >= 15 is 0 Å². The Bertz CT molecular complexity index is 677. The van der Waals surface area contributed by atoms with Crippen LogP contribution in [0.15, 0.2) is 0 Å². The number of aryl methyl sites for hydroxylation is 2. The Hall–Kier alpha value is -1.34. The van der Waals surface area contributed by atoms with Gasteiger partial charge >= 0.3 is 0 Å². The Morgan fingerprint density at radius 2 is 1.95 bits per heavy atom. The van der Waals surface area contributed by atoms with E-state index in [4.69, 9.17) is 5.73 Å².